The monoisotopic (exact) mass is 295 g/mol. The van der Waals surface area contributed by atoms with Crippen LogP contribution in [-0.4, -0.2) is 19.3 Å². The summed E-state index contributed by atoms with van der Waals surface area (Å²) < 4.78 is 5.03. The first-order chi connectivity index (χ1) is 8.61. The third kappa shape index (κ3) is 2.18. The van der Waals surface area contributed by atoms with Crippen LogP contribution >= 0.6 is 34.6 Å². The lowest BCUT2D eigenvalue weighted by Crippen LogP contribution is -1.95. The topological polar surface area (TPSA) is 77.6 Å². The molecule has 0 aliphatic rings. The van der Waals surface area contributed by atoms with Crippen LogP contribution in [0.5, 0.6) is 0 Å². The largest absolute Gasteiger partial charge is 0.368 e. The predicted octanol–water partition coefficient (Wildman–Crippen LogP) is 2.89. The lowest BCUT2D eigenvalue weighted by Gasteiger charge is -1.99. The minimum Gasteiger partial charge on any atom is -0.368 e. The lowest BCUT2D eigenvalue weighted by molar-refractivity contribution is 1.09. The molecular formula is C10H9N5S3. The van der Waals surface area contributed by atoms with Crippen molar-refractivity contribution in [2.24, 2.45) is 0 Å². The number of aromatic nitrogens is 4. The predicted molar refractivity (Wildman–Crippen MR) is 75.3 cm³/mol. The van der Waals surface area contributed by atoms with Gasteiger partial charge in [-0.3, -0.25) is 0 Å². The molecule has 0 saturated carbocycles. The van der Waals surface area contributed by atoms with Crippen LogP contribution in [0.1, 0.15) is 10.7 Å². The van der Waals surface area contributed by atoms with Crippen molar-refractivity contribution >= 4 is 50.8 Å². The number of nitrogens with two attached hydrogens (primary N) is 1. The van der Waals surface area contributed by atoms with Crippen molar-refractivity contribution in [3.05, 3.63) is 16.8 Å². The van der Waals surface area contributed by atoms with Crippen LogP contribution in [-0.2, 0) is 0 Å². The second kappa shape index (κ2) is 4.45. The highest BCUT2D eigenvalue weighted by molar-refractivity contribution is 8.01. The highest BCUT2D eigenvalue weighted by Crippen LogP contribution is 2.35. The zero-order valence-electron chi connectivity index (χ0n) is 9.67. The number of anilines is 1. The van der Waals surface area contributed by atoms with E-state index in [1.54, 1.807) is 11.3 Å². The Morgan fingerprint density at radius 3 is 2.78 bits per heavy atom. The summed E-state index contributed by atoms with van der Waals surface area (Å²) in [5.41, 5.74) is 5.73. The van der Waals surface area contributed by atoms with Crippen LogP contribution < -0.4 is 5.73 Å². The summed E-state index contributed by atoms with van der Waals surface area (Å²) in [6, 6.07) is 2.08. The van der Waals surface area contributed by atoms with E-state index in [9.17, 15) is 0 Å². The summed E-state index contributed by atoms with van der Waals surface area (Å²) in [7, 11) is 0. The van der Waals surface area contributed by atoms with Gasteiger partial charge in [-0.05, 0) is 43.2 Å². The molecule has 0 radical (unpaired) electrons. The van der Waals surface area contributed by atoms with Gasteiger partial charge in [-0.15, -0.1) is 11.3 Å². The van der Waals surface area contributed by atoms with E-state index in [4.69, 9.17) is 5.73 Å². The van der Waals surface area contributed by atoms with Crippen molar-refractivity contribution in [1.82, 2.24) is 19.3 Å². The summed E-state index contributed by atoms with van der Waals surface area (Å²) >= 11 is 4.47. The Bertz CT molecular complexity index is 717. The summed E-state index contributed by atoms with van der Waals surface area (Å²) in [4.78, 5) is 15.0. The van der Waals surface area contributed by atoms with E-state index in [-0.39, 0.29) is 0 Å². The number of aryl methyl sites for hydroxylation is 2. The van der Waals surface area contributed by atoms with Gasteiger partial charge in [0.15, 0.2) is 4.34 Å². The van der Waals surface area contributed by atoms with Gasteiger partial charge < -0.3 is 5.73 Å². The van der Waals surface area contributed by atoms with E-state index in [0.29, 0.717) is 5.95 Å². The molecule has 3 aromatic heterocycles. The molecule has 0 spiro atoms. The maximum atomic E-state index is 5.73. The average molecular weight is 295 g/mol. The normalized spacial score (nSPS) is 11.2. The fraction of sp³-hybridized carbons (Fsp3) is 0.200. The van der Waals surface area contributed by atoms with Crippen LogP contribution in [0.3, 0.4) is 0 Å². The van der Waals surface area contributed by atoms with Crippen LogP contribution in [0, 0.1) is 13.8 Å². The minimum absolute atomic E-state index is 0.299. The number of hydrogen-bond donors (Lipinski definition) is 1. The molecule has 0 saturated heterocycles. The zero-order chi connectivity index (χ0) is 12.7. The van der Waals surface area contributed by atoms with E-state index < -0.39 is 0 Å². The number of hydrogen-bond acceptors (Lipinski definition) is 8. The summed E-state index contributed by atoms with van der Waals surface area (Å²) in [6.45, 7) is 3.92. The minimum atomic E-state index is 0.299. The van der Waals surface area contributed by atoms with Gasteiger partial charge in [0.25, 0.3) is 0 Å². The van der Waals surface area contributed by atoms with E-state index in [0.717, 1.165) is 25.4 Å². The van der Waals surface area contributed by atoms with Gasteiger partial charge in [0, 0.05) is 10.3 Å². The Morgan fingerprint density at radius 1 is 1.22 bits per heavy atom. The molecule has 0 unspecified atom stereocenters. The number of fused-ring (bicyclic) bond motifs is 1. The second-order valence-corrected chi connectivity index (χ2v) is 6.89. The van der Waals surface area contributed by atoms with Gasteiger partial charge in [0.2, 0.25) is 5.95 Å². The molecule has 18 heavy (non-hydrogen) atoms. The highest BCUT2D eigenvalue weighted by atomic mass is 32.2. The lowest BCUT2D eigenvalue weighted by atomic mass is 10.4. The Balaban J connectivity index is 2.10. The Hall–Kier alpha value is -1.25. The Labute approximate surface area is 116 Å². The molecule has 0 atom stereocenters. The quantitative estimate of drug-likeness (QED) is 0.732. The molecule has 2 N–H and O–H groups in total. The maximum Gasteiger partial charge on any atom is 0.222 e. The van der Waals surface area contributed by atoms with Crippen molar-refractivity contribution in [1.29, 1.82) is 0 Å². The van der Waals surface area contributed by atoms with Crippen molar-refractivity contribution in [2.45, 2.75) is 23.2 Å². The molecule has 3 rings (SSSR count). The zero-order valence-corrected chi connectivity index (χ0v) is 12.1. The third-order valence-corrected chi connectivity index (χ3v) is 4.98. The first kappa shape index (κ1) is 11.8. The molecule has 5 nitrogen and oxygen atoms in total. The first-order valence-electron chi connectivity index (χ1n) is 5.13. The maximum absolute atomic E-state index is 5.73. The summed E-state index contributed by atoms with van der Waals surface area (Å²) in [6.07, 6.45) is 0. The van der Waals surface area contributed by atoms with Gasteiger partial charge in [0.05, 0.1) is 0 Å². The van der Waals surface area contributed by atoms with Crippen molar-refractivity contribution in [3.63, 3.8) is 0 Å². The molecule has 3 aromatic rings. The van der Waals surface area contributed by atoms with Gasteiger partial charge in [-0.1, -0.05) is 0 Å². The Kier molecular flexibility index (Phi) is 2.92. The molecule has 0 aliphatic heterocycles. The average Bonchev–Trinajstić information content (AvgIpc) is 2.84. The van der Waals surface area contributed by atoms with E-state index in [2.05, 4.69) is 25.4 Å². The molecule has 0 amide bonds. The van der Waals surface area contributed by atoms with Crippen molar-refractivity contribution < 1.29 is 0 Å². The van der Waals surface area contributed by atoms with Gasteiger partial charge in [-0.25, -0.2) is 15.0 Å². The molecule has 0 fully saturated rings. The fourth-order valence-electron chi connectivity index (χ4n) is 1.51. The summed E-state index contributed by atoms with van der Waals surface area (Å²) in [5.74, 6) is 1.08. The molecule has 0 aliphatic carbocycles. The highest BCUT2D eigenvalue weighted by Gasteiger charge is 2.12. The third-order valence-electron chi connectivity index (χ3n) is 2.19. The SMILES string of the molecule is Cc1nsc(Sc2nc(N)nc3sc(C)cc23)n1. The number of nitrogens with zero attached hydrogens (tertiary/aromatic N) is 4. The van der Waals surface area contributed by atoms with E-state index >= 15 is 0 Å². The fourth-order valence-corrected chi connectivity index (χ4v) is 4.13. The molecule has 0 bridgehead atoms. The van der Waals surface area contributed by atoms with Crippen LogP contribution in [0.4, 0.5) is 5.95 Å². The molecule has 3 heterocycles. The molecule has 0 aromatic carbocycles. The first-order valence-corrected chi connectivity index (χ1v) is 7.54. The standard InChI is InChI=1S/C10H9N5S3/c1-4-3-6-7(16-4)13-9(11)14-8(6)17-10-12-5(2)15-18-10/h3H,1-2H3,(H2,11,13,14). The van der Waals surface area contributed by atoms with Crippen LogP contribution in [0.15, 0.2) is 15.4 Å². The summed E-state index contributed by atoms with van der Waals surface area (Å²) in [5, 5.41) is 1.88. The van der Waals surface area contributed by atoms with Crippen molar-refractivity contribution in [3.8, 4) is 0 Å². The van der Waals surface area contributed by atoms with Gasteiger partial charge in [-0.2, -0.15) is 4.37 Å². The number of nitrogen functional groups attached to an aromatic ring is 1. The second-order valence-electron chi connectivity index (χ2n) is 3.67. The van der Waals surface area contributed by atoms with Gasteiger partial charge >= 0.3 is 0 Å². The molecule has 92 valence electrons. The smallest absolute Gasteiger partial charge is 0.222 e. The number of rotatable bonds is 2. The Morgan fingerprint density at radius 2 is 2.06 bits per heavy atom. The van der Waals surface area contributed by atoms with E-state index in [1.165, 1.54) is 28.2 Å². The van der Waals surface area contributed by atoms with Crippen molar-refractivity contribution in [2.75, 3.05) is 5.73 Å². The van der Waals surface area contributed by atoms with E-state index in [1.807, 2.05) is 13.8 Å². The number of thiophene rings is 1. The molecule has 8 heteroatoms. The van der Waals surface area contributed by atoms with Gasteiger partial charge in [0.1, 0.15) is 15.7 Å². The van der Waals surface area contributed by atoms with Crippen LogP contribution in [0.25, 0.3) is 10.2 Å². The molecular weight excluding hydrogens is 286 g/mol. The van der Waals surface area contributed by atoms with Crippen LogP contribution in [0.2, 0.25) is 0 Å².